The number of nitrogen functional groups attached to an aromatic ring is 1. The third kappa shape index (κ3) is 2.73. The summed E-state index contributed by atoms with van der Waals surface area (Å²) in [5.74, 6) is 0. The van der Waals surface area contributed by atoms with Crippen LogP contribution in [0.3, 0.4) is 0 Å². The lowest BCUT2D eigenvalue weighted by Crippen LogP contribution is -2.44. The number of fused-ring (bicyclic) bond motifs is 1. The highest BCUT2D eigenvalue weighted by atomic mass is 32.1. The Morgan fingerprint density at radius 1 is 1.55 bits per heavy atom. The molecule has 0 aliphatic carbocycles. The maximum absolute atomic E-state index is 12.2. The van der Waals surface area contributed by atoms with Gasteiger partial charge < -0.3 is 15.4 Å². The summed E-state index contributed by atoms with van der Waals surface area (Å²) in [5, 5.41) is 9.69. The molecule has 1 amide bonds. The van der Waals surface area contributed by atoms with Crippen LogP contribution in [0, 0.1) is 11.3 Å². The first-order valence-corrected chi connectivity index (χ1v) is 7.34. The Hall–Kier alpha value is -1.74. The van der Waals surface area contributed by atoms with Crippen LogP contribution < -0.4 is 5.73 Å². The molecule has 1 aliphatic heterocycles. The molecule has 1 aromatic rings. The molecule has 0 radical (unpaired) electrons. The van der Waals surface area contributed by atoms with Crippen LogP contribution >= 0.6 is 11.3 Å². The number of rotatable bonds is 0. The number of hydrogen-bond acceptors (Lipinski definition) is 5. The Labute approximate surface area is 122 Å². The average Bonchev–Trinajstić information content (AvgIpc) is 2.60. The highest BCUT2D eigenvalue weighted by Crippen LogP contribution is 2.36. The summed E-state index contributed by atoms with van der Waals surface area (Å²) in [6.45, 7) is 7.97. The number of carbonyl (C=O) groups excluding carboxylic acids is 1. The van der Waals surface area contributed by atoms with E-state index in [4.69, 9.17) is 15.7 Å². The largest absolute Gasteiger partial charge is 0.444 e. The van der Waals surface area contributed by atoms with Crippen LogP contribution in [0.25, 0.3) is 0 Å². The molecule has 5 nitrogen and oxygen atoms in total. The zero-order valence-electron chi connectivity index (χ0n) is 12.2. The maximum atomic E-state index is 12.2. The molecule has 108 valence electrons. The van der Waals surface area contributed by atoms with E-state index in [9.17, 15) is 4.79 Å². The fourth-order valence-corrected chi connectivity index (χ4v) is 3.33. The molecule has 0 saturated carbocycles. The summed E-state index contributed by atoms with van der Waals surface area (Å²) in [5.41, 5.74) is 6.91. The van der Waals surface area contributed by atoms with Gasteiger partial charge in [-0.1, -0.05) is 0 Å². The first-order valence-electron chi connectivity index (χ1n) is 6.52. The molecule has 2 rings (SSSR count). The van der Waals surface area contributed by atoms with Gasteiger partial charge in [-0.2, -0.15) is 5.26 Å². The van der Waals surface area contributed by atoms with E-state index < -0.39 is 5.60 Å². The van der Waals surface area contributed by atoms with Crippen LogP contribution in [-0.2, 0) is 17.7 Å². The number of hydrogen-bond donors (Lipinski definition) is 1. The molecule has 2 heterocycles. The summed E-state index contributed by atoms with van der Waals surface area (Å²) >= 11 is 1.39. The van der Waals surface area contributed by atoms with Crippen molar-refractivity contribution in [3.05, 3.63) is 16.0 Å². The predicted octanol–water partition coefficient (Wildman–Crippen LogP) is 2.88. The smallest absolute Gasteiger partial charge is 0.410 e. The highest BCUT2D eigenvalue weighted by molar-refractivity contribution is 7.16. The minimum absolute atomic E-state index is 0.00144. The minimum Gasteiger partial charge on any atom is -0.444 e. The van der Waals surface area contributed by atoms with Crippen LogP contribution in [0.2, 0.25) is 0 Å². The summed E-state index contributed by atoms with van der Waals surface area (Å²) in [7, 11) is 0. The quantitative estimate of drug-likeness (QED) is 0.797. The molecule has 0 bridgehead atoms. The summed E-state index contributed by atoms with van der Waals surface area (Å²) in [6.07, 6.45) is 0.326. The Morgan fingerprint density at radius 3 is 2.75 bits per heavy atom. The van der Waals surface area contributed by atoms with Gasteiger partial charge >= 0.3 is 6.09 Å². The molecule has 6 heteroatoms. The third-order valence-electron chi connectivity index (χ3n) is 3.20. The molecule has 0 aromatic carbocycles. The Morgan fingerprint density at radius 2 is 2.20 bits per heavy atom. The number of nitrogens with zero attached hydrogens (tertiary/aromatic N) is 2. The van der Waals surface area contributed by atoms with Crippen molar-refractivity contribution in [2.75, 3.05) is 5.73 Å². The SMILES string of the molecule is C[C@H]1Cc2c(sc(N)c2C#N)CN1C(=O)OC(C)(C)C. The number of carbonyl (C=O) groups is 1. The Kier molecular flexibility index (Phi) is 3.65. The second-order valence-corrected chi connectivity index (χ2v) is 7.15. The molecule has 1 atom stereocenters. The molecule has 2 N–H and O–H groups in total. The summed E-state index contributed by atoms with van der Waals surface area (Å²) in [4.78, 5) is 14.9. The minimum atomic E-state index is -0.511. The van der Waals surface area contributed by atoms with Gasteiger partial charge in [0.15, 0.2) is 0 Å². The number of ether oxygens (including phenoxy) is 1. The maximum Gasteiger partial charge on any atom is 0.410 e. The van der Waals surface area contributed by atoms with Crippen molar-refractivity contribution in [2.45, 2.75) is 52.3 Å². The Bertz CT molecular complexity index is 580. The van der Waals surface area contributed by atoms with E-state index in [1.807, 2.05) is 27.7 Å². The van der Waals surface area contributed by atoms with Crippen molar-refractivity contribution in [3.63, 3.8) is 0 Å². The van der Waals surface area contributed by atoms with E-state index in [-0.39, 0.29) is 12.1 Å². The monoisotopic (exact) mass is 293 g/mol. The van der Waals surface area contributed by atoms with Gasteiger partial charge in [0.25, 0.3) is 0 Å². The molecule has 0 unspecified atom stereocenters. The topological polar surface area (TPSA) is 79.4 Å². The zero-order valence-corrected chi connectivity index (χ0v) is 13.0. The Balaban J connectivity index is 2.25. The lowest BCUT2D eigenvalue weighted by molar-refractivity contribution is 0.0142. The normalized spacial score (nSPS) is 18.4. The zero-order chi connectivity index (χ0) is 15.1. The average molecular weight is 293 g/mol. The van der Waals surface area contributed by atoms with Crippen LogP contribution in [0.1, 0.15) is 43.7 Å². The highest BCUT2D eigenvalue weighted by Gasteiger charge is 2.33. The lowest BCUT2D eigenvalue weighted by atomic mass is 9.98. The van der Waals surface area contributed by atoms with Crippen molar-refractivity contribution in [2.24, 2.45) is 0 Å². The van der Waals surface area contributed by atoms with Crippen LogP contribution in [0.4, 0.5) is 9.80 Å². The molecule has 0 spiro atoms. The van der Waals surface area contributed by atoms with E-state index >= 15 is 0 Å². The van der Waals surface area contributed by atoms with E-state index in [0.717, 1.165) is 10.4 Å². The molecule has 0 fully saturated rings. The van der Waals surface area contributed by atoms with E-state index in [0.29, 0.717) is 23.5 Å². The number of anilines is 1. The second kappa shape index (κ2) is 4.98. The van der Waals surface area contributed by atoms with Gasteiger partial charge in [-0.15, -0.1) is 11.3 Å². The number of amides is 1. The van der Waals surface area contributed by atoms with E-state index in [1.54, 1.807) is 4.90 Å². The van der Waals surface area contributed by atoms with Crippen LogP contribution in [-0.4, -0.2) is 22.6 Å². The van der Waals surface area contributed by atoms with Crippen molar-refractivity contribution in [1.82, 2.24) is 4.90 Å². The molecular formula is C14H19N3O2S. The fourth-order valence-electron chi connectivity index (χ4n) is 2.28. The molecular weight excluding hydrogens is 274 g/mol. The van der Waals surface area contributed by atoms with Crippen molar-refractivity contribution in [1.29, 1.82) is 5.26 Å². The van der Waals surface area contributed by atoms with Gasteiger partial charge in [-0.25, -0.2) is 4.79 Å². The van der Waals surface area contributed by atoms with Gasteiger partial charge in [0.2, 0.25) is 0 Å². The van der Waals surface area contributed by atoms with Gasteiger partial charge in [0.1, 0.15) is 16.7 Å². The van der Waals surface area contributed by atoms with Gasteiger partial charge in [-0.3, -0.25) is 0 Å². The third-order valence-corrected chi connectivity index (χ3v) is 4.25. The van der Waals surface area contributed by atoms with Crippen LogP contribution in [0.15, 0.2) is 0 Å². The summed E-state index contributed by atoms with van der Waals surface area (Å²) in [6, 6.07) is 2.16. The lowest BCUT2D eigenvalue weighted by Gasteiger charge is -2.34. The molecule has 1 aromatic heterocycles. The van der Waals surface area contributed by atoms with Crippen molar-refractivity contribution in [3.8, 4) is 6.07 Å². The van der Waals surface area contributed by atoms with Crippen molar-refractivity contribution < 1.29 is 9.53 Å². The summed E-state index contributed by atoms with van der Waals surface area (Å²) < 4.78 is 5.42. The number of nitrogens with two attached hydrogens (primary N) is 1. The first kappa shape index (κ1) is 14.7. The molecule has 1 aliphatic rings. The standard InChI is InChI=1S/C14H19N3O2S/c1-8-5-9-10(6-15)12(16)20-11(9)7-17(8)13(18)19-14(2,3)4/h8H,5,7,16H2,1-4H3/t8-/m0/s1. The van der Waals surface area contributed by atoms with E-state index in [2.05, 4.69) is 6.07 Å². The van der Waals surface area contributed by atoms with Gasteiger partial charge in [0.05, 0.1) is 12.1 Å². The molecule has 20 heavy (non-hydrogen) atoms. The predicted molar refractivity (Wildman–Crippen MR) is 78.4 cm³/mol. The van der Waals surface area contributed by atoms with Gasteiger partial charge in [0, 0.05) is 10.9 Å². The first-order chi connectivity index (χ1) is 9.23. The molecule has 0 saturated heterocycles. The van der Waals surface area contributed by atoms with E-state index in [1.165, 1.54) is 11.3 Å². The number of nitriles is 1. The van der Waals surface area contributed by atoms with Gasteiger partial charge in [-0.05, 0) is 39.7 Å². The fraction of sp³-hybridized carbons (Fsp3) is 0.571. The van der Waals surface area contributed by atoms with Crippen LogP contribution in [0.5, 0.6) is 0 Å². The number of thiophene rings is 1. The second-order valence-electron chi connectivity index (χ2n) is 6.02. The van der Waals surface area contributed by atoms with Crippen molar-refractivity contribution >= 4 is 22.4 Å².